The Morgan fingerprint density at radius 3 is 2.26 bits per heavy atom. The molecule has 0 spiro atoms. The van der Waals surface area contributed by atoms with E-state index < -0.39 is 12.2 Å². The summed E-state index contributed by atoms with van der Waals surface area (Å²) in [6.07, 6.45) is -3.18. The van der Waals surface area contributed by atoms with Gasteiger partial charge in [0.25, 0.3) is 0 Å². The Morgan fingerprint density at radius 2 is 1.68 bits per heavy atom. The first-order valence-corrected chi connectivity index (χ1v) is 5.90. The van der Waals surface area contributed by atoms with Crippen molar-refractivity contribution in [2.24, 2.45) is 5.73 Å². The van der Waals surface area contributed by atoms with Crippen LogP contribution in [0.25, 0.3) is 11.1 Å². The van der Waals surface area contributed by atoms with E-state index in [1.807, 2.05) is 0 Å². The first-order valence-electron chi connectivity index (χ1n) is 5.45. The van der Waals surface area contributed by atoms with E-state index in [1.165, 1.54) is 12.3 Å². The zero-order valence-corrected chi connectivity index (χ0v) is 10.6. The highest BCUT2D eigenvalue weighted by molar-refractivity contribution is 7.80. The van der Waals surface area contributed by atoms with Gasteiger partial charge in [-0.2, -0.15) is 13.2 Å². The number of hydrogen-bond acceptors (Lipinski definition) is 3. The second-order valence-corrected chi connectivity index (χ2v) is 4.55. The number of pyridine rings is 1. The topological polar surface area (TPSA) is 38.9 Å². The van der Waals surface area contributed by atoms with Gasteiger partial charge in [0.1, 0.15) is 6.04 Å². The lowest BCUT2D eigenvalue weighted by Gasteiger charge is -2.15. The van der Waals surface area contributed by atoms with Crippen LogP contribution in [0.1, 0.15) is 11.7 Å². The predicted molar refractivity (Wildman–Crippen MR) is 69.9 cm³/mol. The normalized spacial score (nSPS) is 13.3. The zero-order valence-electron chi connectivity index (χ0n) is 9.72. The lowest BCUT2D eigenvalue weighted by atomic mass is 10.0. The van der Waals surface area contributed by atoms with E-state index in [0.29, 0.717) is 5.56 Å². The van der Waals surface area contributed by atoms with Gasteiger partial charge in [-0.15, -0.1) is 12.6 Å². The highest BCUT2D eigenvalue weighted by atomic mass is 32.1. The summed E-state index contributed by atoms with van der Waals surface area (Å²) in [7, 11) is 0. The Morgan fingerprint density at radius 1 is 1.05 bits per heavy atom. The van der Waals surface area contributed by atoms with Crippen molar-refractivity contribution in [2.75, 3.05) is 0 Å². The third kappa shape index (κ3) is 3.27. The van der Waals surface area contributed by atoms with E-state index in [1.54, 1.807) is 30.3 Å². The lowest BCUT2D eigenvalue weighted by molar-refractivity contribution is -0.149. The third-order valence-corrected chi connectivity index (χ3v) is 2.95. The van der Waals surface area contributed by atoms with E-state index in [0.717, 1.165) is 10.5 Å². The number of halogens is 3. The predicted octanol–water partition coefficient (Wildman–Crippen LogP) is 3.60. The monoisotopic (exact) mass is 284 g/mol. The van der Waals surface area contributed by atoms with Gasteiger partial charge in [-0.1, -0.05) is 12.1 Å². The van der Waals surface area contributed by atoms with Crippen LogP contribution in [0.5, 0.6) is 0 Å². The summed E-state index contributed by atoms with van der Waals surface area (Å²) in [5, 5.41) is 0. The van der Waals surface area contributed by atoms with Gasteiger partial charge in [0.2, 0.25) is 0 Å². The second kappa shape index (κ2) is 5.22. The van der Waals surface area contributed by atoms with Crippen LogP contribution in [-0.4, -0.2) is 11.2 Å². The molecule has 0 bridgehead atoms. The van der Waals surface area contributed by atoms with E-state index in [9.17, 15) is 13.2 Å². The molecule has 0 radical (unpaired) electrons. The fourth-order valence-corrected chi connectivity index (χ4v) is 1.77. The van der Waals surface area contributed by atoms with E-state index in [2.05, 4.69) is 17.6 Å². The molecule has 2 rings (SSSR count). The fraction of sp³-hybridized carbons (Fsp3) is 0.154. The van der Waals surface area contributed by atoms with Gasteiger partial charge in [0.15, 0.2) is 0 Å². The van der Waals surface area contributed by atoms with Gasteiger partial charge in [-0.3, -0.25) is 4.98 Å². The first-order chi connectivity index (χ1) is 8.88. The largest absolute Gasteiger partial charge is 0.409 e. The van der Waals surface area contributed by atoms with Crippen LogP contribution in [0.15, 0.2) is 47.5 Å². The summed E-state index contributed by atoms with van der Waals surface area (Å²) in [5.74, 6) is 0. The highest BCUT2D eigenvalue weighted by Gasteiger charge is 2.38. The molecule has 1 atom stereocenters. The van der Waals surface area contributed by atoms with E-state index in [-0.39, 0.29) is 5.69 Å². The summed E-state index contributed by atoms with van der Waals surface area (Å²) in [5.41, 5.74) is 6.37. The molecule has 2 N–H and O–H groups in total. The highest BCUT2D eigenvalue weighted by Crippen LogP contribution is 2.31. The maximum atomic E-state index is 12.5. The standard InChI is InChI=1S/C13H11F3N2S/c14-13(15,16)12(17)11-7-9(5-6-18-11)8-1-3-10(19)4-2-8/h1-7,12,19H,17H2. The van der Waals surface area contributed by atoms with Crippen molar-refractivity contribution in [1.82, 2.24) is 4.98 Å². The van der Waals surface area contributed by atoms with Gasteiger partial charge in [0.05, 0.1) is 5.69 Å². The molecule has 0 aliphatic rings. The van der Waals surface area contributed by atoms with Crippen LogP contribution in [0.2, 0.25) is 0 Å². The van der Waals surface area contributed by atoms with Crippen molar-refractivity contribution < 1.29 is 13.2 Å². The number of thiol groups is 1. The van der Waals surface area contributed by atoms with Crippen LogP contribution in [-0.2, 0) is 0 Å². The van der Waals surface area contributed by atoms with Gasteiger partial charge in [-0.25, -0.2) is 0 Å². The summed E-state index contributed by atoms with van der Waals surface area (Å²) >= 11 is 4.15. The minimum absolute atomic E-state index is 0.194. The van der Waals surface area contributed by atoms with Crippen LogP contribution < -0.4 is 5.73 Å². The van der Waals surface area contributed by atoms with Gasteiger partial charge in [-0.05, 0) is 35.4 Å². The van der Waals surface area contributed by atoms with Crippen molar-refractivity contribution in [3.63, 3.8) is 0 Å². The first kappa shape index (κ1) is 13.9. The molecule has 6 heteroatoms. The maximum Gasteiger partial charge on any atom is 0.409 e. The SMILES string of the molecule is NC(c1cc(-c2ccc(S)cc2)ccn1)C(F)(F)F. The van der Waals surface area contributed by atoms with E-state index >= 15 is 0 Å². The van der Waals surface area contributed by atoms with E-state index in [4.69, 9.17) is 5.73 Å². The molecular weight excluding hydrogens is 273 g/mol. The molecule has 0 aliphatic carbocycles. The molecule has 1 heterocycles. The maximum absolute atomic E-state index is 12.5. The molecule has 2 nitrogen and oxygen atoms in total. The molecule has 0 saturated heterocycles. The Labute approximate surface area is 113 Å². The minimum Gasteiger partial charge on any atom is -0.315 e. The fourth-order valence-electron chi connectivity index (χ4n) is 1.62. The van der Waals surface area contributed by atoms with Crippen LogP contribution >= 0.6 is 12.6 Å². The quantitative estimate of drug-likeness (QED) is 0.827. The molecule has 1 unspecified atom stereocenters. The van der Waals surface area contributed by atoms with Crippen LogP contribution in [0.4, 0.5) is 13.2 Å². The summed E-state index contributed by atoms with van der Waals surface area (Å²) in [4.78, 5) is 4.47. The molecule has 0 aliphatic heterocycles. The Balaban J connectivity index is 2.37. The lowest BCUT2D eigenvalue weighted by Crippen LogP contribution is -2.29. The van der Waals surface area contributed by atoms with Crippen molar-refractivity contribution in [1.29, 1.82) is 0 Å². The number of nitrogens with zero attached hydrogens (tertiary/aromatic N) is 1. The van der Waals surface area contributed by atoms with Gasteiger partial charge >= 0.3 is 6.18 Å². The summed E-state index contributed by atoms with van der Waals surface area (Å²) < 4.78 is 37.6. The number of hydrogen-bond donors (Lipinski definition) is 2. The zero-order chi connectivity index (χ0) is 14.0. The molecule has 1 aromatic carbocycles. The average molecular weight is 284 g/mol. The van der Waals surface area contributed by atoms with Crippen molar-refractivity contribution in [2.45, 2.75) is 17.1 Å². The number of aromatic nitrogens is 1. The van der Waals surface area contributed by atoms with Crippen molar-refractivity contribution >= 4 is 12.6 Å². The molecule has 19 heavy (non-hydrogen) atoms. The number of alkyl halides is 3. The number of benzene rings is 1. The van der Waals surface area contributed by atoms with Crippen LogP contribution in [0.3, 0.4) is 0 Å². The molecule has 0 saturated carbocycles. The Kier molecular flexibility index (Phi) is 3.82. The van der Waals surface area contributed by atoms with Crippen molar-refractivity contribution in [3.8, 4) is 11.1 Å². The third-order valence-electron chi connectivity index (χ3n) is 2.65. The van der Waals surface area contributed by atoms with Crippen molar-refractivity contribution in [3.05, 3.63) is 48.3 Å². The second-order valence-electron chi connectivity index (χ2n) is 4.04. The summed E-state index contributed by atoms with van der Waals surface area (Å²) in [6, 6.07) is 8.01. The Bertz CT molecular complexity index is 567. The number of nitrogens with two attached hydrogens (primary N) is 1. The molecule has 0 fully saturated rings. The molecular formula is C13H11F3N2S. The Hall–Kier alpha value is -1.53. The molecule has 1 aromatic heterocycles. The average Bonchev–Trinajstić information content (AvgIpc) is 2.38. The molecule has 100 valence electrons. The molecule has 2 aromatic rings. The molecule has 0 amide bonds. The minimum atomic E-state index is -4.50. The van der Waals surface area contributed by atoms with Crippen LogP contribution in [0, 0.1) is 0 Å². The van der Waals surface area contributed by atoms with Gasteiger partial charge in [0, 0.05) is 11.1 Å². The summed E-state index contributed by atoms with van der Waals surface area (Å²) in [6.45, 7) is 0. The number of rotatable bonds is 2. The van der Waals surface area contributed by atoms with Gasteiger partial charge < -0.3 is 5.73 Å². The smallest absolute Gasteiger partial charge is 0.315 e.